The molecule has 3 rings (SSSR count). The number of hydrogen-bond donors (Lipinski definition) is 0. The highest BCUT2D eigenvalue weighted by atomic mass is 32.2. The van der Waals surface area contributed by atoms with Crippen LogP contribution in [0.4, 0.5) is 5.82 Å². The Morgan fingerprint density at radius 1 is 0.821 bits per heavy atom. The van der Waals surface area contributed by atoms with E-state index >= 15 is 0 Å². The molecule has 0 radical (unpaired) electrons. The fourth-order valence-corrected chi connectivity index (χ4v) is 5.09. The van der Waals surface area contributed by atoms with Crippen LogP contribution in [0, 0.1) is 0 Å². The van der Waals surface area contributed by atoms with E-state index in [9.17, 15) is 8.42 Å². The maximum atomic E-state index is 13.0. The van der Waals surface area contributed by atoms with Gasteiger partial charge in [-0.25, -0.2) is 9.97 Å². The minimum Gasteiger partial charge on any atom is -0.354 e. The highest BCUT2D eigenvalue weighted by molar-refractivity contribution is 7.86. The van der Waals surface area contributed by atoms with Crippen LogP contribution in [0.2, 0.25) is 0 Å². The quantitative estimate of drug-likeness (QED) is 0.729. The van der Waals surface area contributed by atoms with Crippen LogP contribution in [0.5, 0.6) is 0 Å². The third-order valence-electron chi connectivity index (χ3n) is 5.54. The van der Waals surface area contributed by atoms with Crippen LogP contribution >= 0.6 is 0 Å². The molecule has 0 bridgehead atoms. The average Bonchev–Trinajstić information content (AvgIpc) is 2.68. The van der Waals surface area contributed by atoms with Crippen molar-refractivity contribution < 1.29 is 8.42 Å². The Morgan fingerprint density at radius 2 is 1.36 bits per heavy atom. The molecule has 0 aliphatic carbocycles. The molecule has 0 atom stereocenters. The van der Waals surface area contributed by atoms with Crippen molar-refractivity contribution in [1.82, 2.24) is 23.5 Å². The average molecular weight is 411 g/mol. The first-order valence-corrected chi connectivity index (χ1v) is 11.7. The maximum absolute atomic E-state index is 13.0. The van der Waals surface area contributed by atoms with Crippen LogP contribution in [0.1, 0.15) is 51.0 Å². The third-order valence-corrected chi connectivity index (χ3v) is 7.57. The first kappa shape index (κ1) is 21.4. The van der Waals surface area contributed by atoms with E-state index in [4.69, 9.17) is 9.97 Å². The zero-order valence-electron chi connectivity index (χ0n) is 17.8. The molecule has 3 heterocycles. The molecule has 28 heavy (non-hydrogen) atoms. The van der Waals surface area contributed by atoms with E-state index in [2.05, 4.69) is 43.6 Å². The maximum Gasteiger partial charge on any atom is 0.282 e. The fraction of sp³-hybridized carbons (Fsp3) is 0.789. The molecule has 0 unspecified atom stereocenters. The van der Waals surface area contributed by atoms with Gasteiger partial charge in [0.15, 0.2) is 0 Å². The summed E-state index contributed by atoms with van der Waals surface area (Å²) in [4.78, 5) is 13.8. The zero-order chi connectivity index (χ0) is 20.5. The summed E-state index contributed by atoms with van der Waals surface area (Å²) in [6, 6.07) is 2.06. The molecule has 2 saturated heterocycles. The Bertz CT molecular complexity index is 740. The molecule has 2 aliphatic rings. The molecule has 9 heteroatoms. The van der Waals surface area contributed by atoms with Gasteiger partial charge >= 0.3 is 0 Å². The molecule has 158 valence electrons. The van der Waals surface area contributed by atoms with Gasteiger partial charge in [-0.2, -0.15) is 17.0 Å². The van der Waals surface area contributed by atoms with Gasteiger partial charge < -0.3 is 9.80 Å². The van der Waals surface area contributed by atoms with Crippen molar-refractivity contribution in [2.45, 2.75) is 39.5 Å². The Labute approximate surface area is 169 Å². The predicted octanol–water partition coefficient (Wildman–Crippen LogP) is 1.34. The third kappa shape index (κ3) is 4.64. The second-order valence-corrected chi connectivity index (χ2v) is 10.3. The molecular formula is C19H34N6O2S. The van der Waals surface area contributed by atoms with Gasteiger partial charge in [-0.1, -0.05) is 27.7 Å². The van der Waals surface area contributed by atoms with Crippen molar-refractivity contribution in [3.8, 4) is 0 Å². The fourth-order valence-electron chi connectivity index (χ4n) is 3.52. The van der Waals surface area contributed by atoms with Crippen molar-refractivity contribution in [3.05, 3.63) is 17.6 Å². The number of rotatable bonds is 5. The minimum atomic E-state index is -3.38. The highest BCUT2D eigenvalue weighted by Crippen LogP contribution is 2.24. The molecule has 1 aromatic rings. The largest absolute Gasteiger partial charge is 0.354 e. The van der Waals surface area contributed by atoms with Crippen molar-refractivity contribution >= 4 is 16.0 Å². The SMILES string of the molecule is CC(C)c1cc(N2CCN(S(=O)(=O)N3CCN(C)CC3)CC2)nc(C(C)C)n1. The zero-order valence-corrected chi connectivity index (χ0v) is 18.6. The van der Waals surface area contributed by atoms with E-state index < -0.39 is 10.2 Å². The molecule has 0 spiro atoms. The first-order valence-electron chi connectivity index (χ1n) is 10.3. The highest BCUT2D eigenvalue weighted by Gasteiger charge is 2.34. The lowest BCUT2D eigenvalue weighted by molar-refractivity contribution is 0.210. The van der Waals surface area contributed by atoms with Gasteiger partial charge in [0.25, 0.3) is 10.2 Å². The summed E-state index contributed by atoms with van der Waals surface area (Å²) < 4.78 is 29.2. The van der Waals surface area contributed by atoms with Crippen LogP contribution in [0.25, 0.3) is 0 Å². The summed E-state index contributed by atoms with van der Waals surface area (Å²) in [6.07, 6.45) is 0. The Kier molecular flexibility index (Phi) is 6.58. The number of piperazine rings is 2. The van der Waals surface area contributed by atoms with Crippen LogP contribution in [0.3, 0.4) is 0 Å². The lowest BCUT2D eigenvalue weighted by atomic mass is 10.1. The normalized spacial score (nSPS) is 21.0. The number of aromatic nitrogens is 2. The summed E-state index contributed by atoms with van der Waals surface area (Å²) in [5.41, 5.74) is 1.04. The van der Waals surface area contributed by atoms with Gasteiger partial charge in [-0.3, -0.25) is 0 Å². The van der Waals surface area contributed by atoms with Crippen LogP contribution in [-0.4, -0.2) is 91.3 Å². The second-order valence-electron chi connectivity index (χ2n) is 8.41. The lowest BCUT2D eigenvalue weighted by Gasteiger charge is -2.39. The second kappa shape index (κ2) is 8.61. The van der Waals surface area contributed by atoms with E-state index in [1.54, 1.807) is 8.61 Å². The Hall–Kier alpha value is -1.29. The molecule has 8 nitrogen and oxygen atoms in total. The summed E-state index contributed by atoms with van der Waals surface area (Å²) >= 11 is 0. The van der Waals surface area contributed by atoms with Gasteiger partial charge in [0.1, 0.15) is 11.6 Å². The number of nitrogens with zero attached hydrogens (tertiary/aromatic N) is 6. The number of likely N-dealkylation sites (N-methyl/N-ethyl adjacent to an activating group) is 1. The Morgan fingerprint density at radius 3 is 1.86 bits per heavy atom. The van der Waals surface area contributed by atoms with Gasteiger partial charge in [-0.05, 0) is 13.0 Å². The topological polar surface area (TPSA) is 72.9 Å². The molecule has 1 aromatic heterocycles. The summed E-state index contributed by atoms with van der Waals surface area (Å²) in [6.45, 7) is 13.5. The standard InChI is InChI=1S/C19H34N6O2S/c1-15(2)17-14-18(21-19(20-17)16(3)4)23-8-12-25(13-9-23)28(26,27)24-10-6-22(5)7-11-24/h14-16H,6-13H2,1-5H3. The van der Waals surface area contributed by atoms with E-state index in [1.165, 1.54) is 0 Å². The molecule has 2 fully saturated rings. The molecule has 0 N–H and O–H groups in total. The predicted molar refractivity (Wildman–Crippen MR) is 112 cm³/mol. The minimum absolute atomic E-state index is 0.261. The summed E-state index contributed by atoms with van der Waals surface area (Å²) in [7, 11) is -1.35. The smallest absolute Gasteiger partial charge is 0.282 e. The van der Waals surface area contributed by atoms with E-state index in [0.717, 1.165) is 30.4 Å². The molecule has 0 saturated carbocycles. The summed E-state index contributed by atoms with van der Waals surface area (Å²) in [5.74, 6) is 2.36. The first-order chi connectivity index (χ1) is 13.2. The van der Waals surface area contributed by atoms with Crippen LogP contribution < -0.4 is 4.90 Å². The van der Waals surface area contributed by atoms with Crippen molar-refractivity contribution in [1.29, 1.82) is 0 Å². The van der Waals surface area contributed by atoms with Gasteiger partial charge in [-0.15, -0.1) is 0 Å². The molecule has 0 aromatic carbocycles. The van der Waals surface area contributed by atoms with Gasteiger partial charge in [0.2, 0.25) is 0 Å². The monoisotopic (exact) mass is 410 g/mol. The van der Waals surface area contributed by atoms with E-state index in [0.29, 0.717) is 45.2 Å². The van der Waals surface area contributed by atoms with Crippen molar-refractivity contribution in [3.63, 3.8) is 0 Å². The number of anilines is 1. The summed E-state index contributed by atoms with van der Waals surface area (Å²) in [5, 5.41) is 0. The molecular weight excluding hydrogens is 376 g/mol. The van der Waals surface area contributed by atoms with E-state index in [1.807, 2.05) is 7.05 Å². The molecule has 2 aliphatic heterocycles. The van der Waals surface area contributed by atoms with Crippen LogP contribution in [0.15, 0.2) is 6.07 Å². The van der Waals surface area contributed by atoms with Gasteiger partial charge in [0, 0.05) is 70.0 Å². The lowest BCUT2D eigenvalue weighted by Crippen LogP contribution is -2.56. The van der Waals surface area contributed by atoms with Crippen molar-refractivity contribution in [2.75, 3.05) is 64.3 Å². The van der Waals surface area contributed by atoms with E-state index in [-0.39, 0.29) is 5.92 Å². The molecule has 0 amide bonds. The van der Waals surface area contributed by atoms with Gasteiger partial charge in [0.05, 0.1) is 0 Å². The van der Waals surface area contributed by atoms with Crippen LogP contribution in [-0.2, 0) is 10.2 Å². The Balaban J connectivity index is 1.70. The number of hydrogen-bond acceptors (Lipinski definition) is 6. The van der Waals surface area contributed by atoms with Crippen molar-refractivity contribution in [2.24, 2.45) is 0 Å².